The average molecular weight is 275 g/mol. The quantitative estimate of drug-likeness (QED) is 0.618. The van der Waals surface area contributed by atoms with E-state index in [0.29, 0.717) is 24.5 Å². The zero-order valence-electron chi connectivity index (χ0n) is 10.5. The van der Waals surface area contributed by atoms with Crippen LogP contribution in [-0.2, 0) is 0 Å². The predicted octanol–water partition coefficient (Wildman–Crippen LogP) is 0.358. The standard InChI is InChI=1S/C12H13N5O3/c18-11-6-13-5-10(11)16-7-14-12(15-16)8-1-3-9(4-2-8)17(19)20/h1-4,7,10-11,13,18H,5-6H2. The Morgan fingerprint density at radius 1 is 1.35 bits per heavy atom. The van der Waals surface area contributed by atoms with Gasteiger partial charge >= 0.3 is 0 Å². The molecule has 0 bridgehead atoms. The molecule has 1 saturated heterocycles. The van der Waals surface area contributed by atoms with Crippen LogP contribution in [0.3, 0.4) is 0 Å². The third-order valence-corrected chi connectivity index (χ3v) is 3.34. The lowest BCUT2D eigenvalue weighted by Crippen LogP contribution is -2.22. The van der Waals surface area contributed by atoms with Crippen molar-refractivity contribution in [1.82, 2.24) is 20.1 Å². The van der Waals surface area contributed by atoms with Crippen molar-refractivity contribution in [3.8, 4) is 11.4 Å². The van der Waals surface area contributed by atoms with Crippen molar-refractivity contribution < 1.29 is 10.0 Å². The minimum atomic E-state index is -0.485. The normalized spacial score (nSPS) is 22.1. The van der Waals surface area contributed by atoms with Gasteiger partial charge in [-0.25, -0.2) is 9.67 Å². The van der Waals surface area contributed by atoms with E-state index < -0.39 is 11.0 Å². The van der Waals surface area contributed by atoms with Crippen LogP contribution in [0.15, 0.2) is 30.6 Å². The van der Waals surface area contributed by atoms with Crippen molar-refractivity contribution in [3.05, 3.63) is 40.7 Å². The van der Waals surface area contributed by atoms with Crippen LogP contribution in [0.2, 0.25) is 0 Å². The van der Waals surface area contributed by atoms with Gasteiger partial charge < -0.3 is 10.4 Å². The molecule has 1 fully saturated rings. The second-order valence-corrected chi connectivity index (χ2v) is 4.65. The van der Waals surface area contributed by atoms with E-state index in [-0.39, 0.29) is 11.7 Å². The van der Waals surface area contributed by atoms with Gasteiger partial charge in [0.2, 0.25) is 0 Å². The Balaban J connectivity index is 1.84. The molecule has 2 aromatic rings. The van der Waals surface area contributed by atoms with E-state index in [1.165, 1.54) is 12.1 Å². The largest absolute Gasteiger partial charge is 0.390 e. The highest BCUT2D eigenvalue weighted by atomic mass is 16.6. The highest BCUT2D eigenvalue weighted by molar-refractivity contribution is 5.56. The number of nitro groups is 1. The maximum atomic E-state index is 10.6. The third kappa shape index (κ3) is 2.26. The van der Waals surface area contributed by atoms with Gasteiger partial charge in [0.15, 0.2) is 5.82 Å². The van der Waals surface area contributed by atoms with E-state index in [2.05, 4.69) is 15.4 Å². The first-order valence-corrected chi connectivity index (χ1v) is 6.20. The number of benzene rings is 1. The van der Waals surface area contributed by atoms with Crippen LogP contribution in [0.5, 0.6) is 0 Å². The number of aromatic nitrogens is 3. The average Bonchev–Trinajstić information content (AvgIpc) is 3.07. The lowest BCUT2D eigenvalue weighted by Gasteiger charge is -2.12. The first-order chi connectivity index (χ1) is 9.65. The van der Waals surface area contributed by atoms with Crippen molar-refractivity contribution in [1.29, 1.82) is 0 Å². The van der Waals surface area contributed by atoms with Gasteiger partial charge in [0.1, 0.15) is 6.33 Å². The minimum absolute atomic E-state index is 0.0311. The fourth-order valence-electron chi connectivity index (χ4n) is 2.22. The summed E-state index contributed by atoms with van der Waals surface area (Å²) in [6, 6.07) is 5.93. The summed E-state index contributed by atoms with van der Waals surface area (Å²) in [6.07, 6.45) is 1.08. The summed E-state index contributed by atoms with van der Waals surface area (Å²) in [6.45, 7) is 1.18. The van der Waals surface area contributed by atoms with Crippen LogP contribution in [0.25, 0.3) is 11.4 Å². The van der Waals surface area contributed by atoms with E-state index >= 15 is 0 Å². The van der Waals surface area contributed by atoms with Crippen LogP contribution >= 0.6 is 0 Å². The highest BCUT2D eigenvalue weighted by Gasteiger charge is 2.27. The van der Waals surface area contributed by atoms with Gasteiger partial charge in [-0.1, -0.05) is 0 Å². The molecule has 1 aliphatic rings. The fourth-order valence-corrected chi connectivity index (χ4v) is 2.22. The SMILES string of the molecule is O=[N+]([O-])c1ccc(-c2ncn(C3CNCC3O)n2)cc1. The molecular formula is C12H13N5O3. The molecule has 3 rings (SSSR count). The summed E-state index contributed by atoms with van der Waals surface area (Å²) in [5.74, 6) is 0.485. The van der Waals surface area contributed by atoms with Crippen molar-refractivity contribution >= 4 is 5.69 Å². The van der Waals surface area contributed by atoms with Crippen molar-refractivity contribution in [2.45, 2.75) is 12.1 Å². The second-order valence-electron chi connectivity index (χ2n) is 4.65. The second kappa shape index (κ2) is 4.99. The van der Waals surface area contributed by atoms with Crippen LogP contribution in [0.1, 0.15) is 6.04 Å². The minimum Gasteiger partial charge on any atom is -0.390 e. The molecule has 1 aliphatic heterocycles. The van der Waals surface area contributed by atoms with Gasteiger partial charge in [-0.3, -0.25) is 10.1 Å². The molecule has 8 heteroatoms. The Labute approximate surface area is 114 Å². The molecule has 2 N–H and O–H groups in total. The summed E-state index contributed by atoms with van der Waals surface area (Å²) in [7, 11) is 0. The lowest BCUT2D eigenvalue weighted by molar-refractivity contribution is -0.384. The Kier molecular flexibility index (Phi) is 3.17. The maximum Gasteiger partial charge on any atom is 0.269 e. The predicted molar refractivity (Wildman–Crippen MR) is 70.0 cm³/mol. The number of hydrogen-bond donors (Lipinski definition) is 2. The number of hydrogen-bond acceptors (Lipinski definition) is 6. The monoisotopic (exact) mass is 275 g/mol. The van der Waals surface area contributed by atoms with Gasteiger partial charge in [0.05, 0.1) is 17.1 Å². The lowest BCUT2D eigenvalue weighted by atomic mass is 10.2. The van der Waals surface area contributed by atoms with Crippen molar-refractivity contribution in [2.24, 2.45) is 0 Å². The maximum absolute atomic E-state index is 10.6. The fraction of sp³-hybridized carbons (Fsp3) is 0.333. The Bertz CT molecular complexity index is 624. The molecule has 0 aliphatic carbocycles. The molecule has 2 heterocycles. The molecule has 104 valence electrons. The molecule has 1 aromatic carbocycles. The Morgan fingerprint density at radius 2 is 2.10 bits per heavy atom. The Morgan fingerprint density at radius 3 is 2.70 bits per heavy atom. The third-order valence-electron chi connectivity index (χ3n) is 3.34. The molecule has 0 amide bonds. The number of aliphatic hydroxyl groups excluding tert-OH is 1. The number of nitrogens with zero attached hydrogens (tertiary/aromatic N) is 4. The number of non-ortho nitro benzene ring substituents is 1. The number of nitro benzene ring substituents is 1. The van der Waals surface area contributed by atoms with E-state index in [4.69, 9.17) is 0 Å². The molecule has 2 unspecified atom stereocenters. The zero-order valence-corrected chi connectivity index (χ0v) is 10.5. The number of β-amino-alcohol motifs (C(OH)–C–C–N with tert-alkyl or cyclic N) is 1. The molecular weight excluding hydrogens is 262 g/mol. The van der Waals surface area contributed by atoms with Crippen molar-refractivity contribution in [2.75, 3.05) is 13.1 Å². The summed E-state index contributed by atoms with van der Waals surface area (Å²) in [4.78, 5) is 14.3. The van der Waals surface area contributed by atoms with E-state index in [1.807, 2.05) is 0 Å². The van der Waals surface area contributed by atoms with E-state index in [1.54, 1.807) is 23.1 Å². The molecule has 20 heavy (non-hydrogen) atoms. The van der Waals surface area contributed by atoms with Crippen molar-refractivity contribution in [3.63, 3.8) is 0 Å². The van der Waals surface area contributed by atoms with Gasteiger partial charge in [-0.15, -0.1) is 0 Å². The van der Waals surface area contributed by atoms with Crippen LogP contribution in [0, 0.1) is 10.1 Å². The van der Waals surface area contributed by atoms with Crippen LogP contribution in [0.4, 0.5) is 5.69 Å². The number of aliphatic hydroxyl groups is 1. The van der Waals surface area contributed by atoms with Gasteiger partial charge in [-0.05, 0) is 12.1 Å². The smallest absolute Gasteiger partial charge is 0.269 e. The summed E-state index contributed by atoms with van der Waals surface area (Å²) in [5.41, 5.74) is 0.735. The first kappa shape index (κ1) is 12.7. The Hall–Kier alpha value is -2.32. The summed E-state index contributed by atoms with van der Waals surface area (Å²) >= 11 is 0. The van der Waals surface area contributed by atoms with Gasteiger partial charge in [0.25, 0.3) is 5.69 Å². The van der Waals surface area contributed by atoms with Gasteiger partial charge in [-0.2, -0.15) is 5.10 Å². The number of nitrogens with one attached hydrogen (secondary N) is 1. The van der Waals surface area contributed by atoms with E-state index in [9.17, 15) is 15.2 Å². The van der Waals surface area contributed by atoms with Crippen LogP contribution in [-0.4, -0.2) is 44.0 Å². The number of rotatable bonds is 3. The molecule has 2 atom stereocenters. The topological polar surface area (TPSA) is 106 Å². The molecule has 0 radical (unpaired) electrons. The van der Waals surface area contributed by atoms with E-state index in [0.717, 1.165) is 0 Å². The van der Waals surface area contributed by atoms with Gasteiger partial charge in [0, 0.05) is 30.8 Å². The summed E-state index contributed by atoms with van der Waals surface area (Å²) in [5, 5.41) is 27.8. The highest BCUT2D eigenvalue weighted by Crippen LogP contribution is 2.21. The summed E-state index contributed by atoms with van der Waals surface area (Å²) < 4.78 is 1.63. The molecule has 0 saturated carbocycles. The van der Waals surface area contributed by atoms with Crippen LogP contribution < -0.4 is 5.32 Å². The first-order valence-electron chi connectivity index (χ1n) is 6.20. The molecule has 1 aromatic heterocycles. The zero-order chi connectivity index (χ0) is 14.1. The molecule has 8 nitrogen and oxygen atoms in total. The molecule has 0 spiro atoms.